The van der Waals surface area contributed by atoms with Crippen molar-refractivity contribution in [3.8, 4) is 0 Å². The molecule has 21 heavy (non-hydrogen) atoms. The quantitative estimate of drug-likeness (QED) is 0.792. The number of ketones is 1. The normalized spacial score (nSPS) is 28.4. The van der Waals surface area contributed by atoms with Crippen LogP contribution in [0.15, 0.2) is 55.7 Å². The standard InChI is InChI=1S/C19H21NO/c1-3-12-20-13-11-19(16(4-2)14-20)17-8-6-5-7-15(17)9-10-18(19)21/h3-10,16H,1-2,11-14H2. The van der Waals surface area contributed by atoms with E-state index in [1.807, 2.05) is 30.4 Å². The molecule has 2 unspecified atom stereocenters. The van der Waals surface area contributed by atoms with Crippen molar-refractivity contribution in [3.05, 3.63) is 66.8 Å². The van der Waals surface area contributed by atoms with Gasteiger partial charge in [-0.3, -0.25) is 9.69 Å². The fourth-order valence-electron chi connectivity index (χ4n) is 3.81. The van der Waals surface area contributed by atoms with E-state index in [1.54, 1.807) is 6.08 Å². The maximum Gasteiger partial charge on any atom is 0.166 e. The highest BCUT2D eigenvalue weighted by molar-refractivity contribution is 6.05. The molecule has 0 aromatic heterocycles. The van der Waals surface area contributed by atoms with Crippen LogP contribution in [0.4, 0.5) is 0 Å². The summed E-state index contributed by atoms with van der Waals surface area (Å²) in [5, 5.41) is 0. The average molecular weight is 279 g/mol. The number of rotatable bonds is 3. The molecule has 2 aliphatic rings. The largest absolute Gasteiger partial charge is 0.299 e. The third-order valence-electron chi connectivity index (χ3n) is 4.88. The van der Waals surface area contributed by atoms with E-state index in [0.717, 1.165) is 26.1 Å². The minimum atomic E-state index is -0.426. The summed E-state index contributed by atoms with van der Waals surface area (Å²) >= 11 is 0. The number of hydrogen-bond acceptors (Lipinski definition) is 2. The Morgan fingerprint density at radius 2 is 2.10 bits per heavy atom. The summed E-state index contributed by atoms with van der Waals surface area (Å²) in [6.45, 7) is 10.5. The number of benzene rings is 1. The molecule has 1 saturated heterocycles. The van der Waals surface area contributed by atoms with Gasteiger partial charge in [0, 0.05) is 19.0 Å². The Bertz CT molecular complexity index is 616. The highest BCUT2D eigenvalue weighted by Crippen LogP contribution is 2.45. The Hall–Kier alpha value is -1.93. The monoisotopic (exact) mass is 279 g/mol. The van der Waals surface area contributed by atoms with Crippen LogP contribution in [0, 0.1) is 5.92 Å². The van der Waals surface area contributed by atoms with Crippen LogP contribution in [-0.2, 0) is 10.2 Å². The number of carbonyl (C=O) groups is 1. The van der Waals surface area contributed by atoms with E-state index < -0.39 is 5.41 Å². The van der Waals surface area contributed by atoms with E-state index >= 15 is 0 Å². The van der Waals surface area contributed by atoms with E-state index in [-0.39, 0.29) is 11.7 Å². The topological polar surface area (TPSA) is 20.3 Å². The molecule has 1 aliphatic heterocycles. The van der Waals surface area contributed by atoms with E-state index in [0.29, 0.717) is 0 Å². The molecule has 0 radical (unpaired) electrons. The molecule has 1 aromatic rings. The van der Waals surface area contributed by atoms with Gasteiger partial charge in [-0.2, -0.15) is 0 Å². The zero-order valence-electron chi connectivity index (χ0n) is 12.3. The fraction of sp³-hybridized carbons (Fsp3) is 0.316. The predicted molar refractivity (Wildman–Crippen MR) is 87.1 cm³/mol. The van der Waals surface area contributed by atoms with Crippen molar-refractivity contribution in [3.63, 3.8) is 0 Å². The minimum Gasteiger partial charge on any atom is -0.299 e. The number of carbonyl (C=O) groups excluding carboxylic acids is 1. The lowest BCUT2D eigenvalue weighted by Gasteiger charge is -2.47. The lowest BCUT2D eigenvalue weighted by atomic mass is 9.60. The van der Waals surface area contributed by atoms with Crippen molar-refractivity contribution in [2.75, 3.05) is 19.6 Å². The first-order valence-corrected chi connectivity index (χ1v) is 7.50. The minimum absolute atomic E-state index is 0.143. The maximum atomic E-state index is 12.8. The number of piperidine rings is 1. The zero-order chi connectivity index (χ0) is 14.9. The lowest BCUT2D eigenvalue weighted by molar-refractivity contribution is -0.123. The molecule has 0 amide bonds. The molecular weight excluding hydrogens is 258 g/mol. The molecule has 1 aromatic carbocycles. The maximum absolute atomic E-state index is 12.8. The lowest BCUT2D eigenvalue weighted by Crippen LogP contribution is -2.54. The SMILES string of the molecule is C=CCN1CCC2(C(=O)C=Cc3ccccc32)C(C=C)C1. The van der Waals surface area contributed by atoms with Crippen LogP contribution in [0.5, 0.6) is 0 Å². The van der Waals surface area contributed by atoms with Gasteiger partial charge >= 0.3 is 0 Å². The highest BCUT2D eigenvalue weighted by Gasteiger charge is 2.49. The van der Waals surface area contributed by atoms with Crippen molar-refractivity contribution >= 4 is 11.9 Å². The molecule has 0 bridgehead atoms. The second kappa shape index (κ2) is 5.45. The molecule has 0 N–H and O–H groups in total. The summed E-state index contributed by atoms with van der Waals surface area (Å²) in [7, 11) is 0. The first-order valence-electron chi connectivity index (χ1n) is 7.50. The Balaban J connectivity index is 2.06. The van der Waals surface area contributed by atoms with Crippen molar-refractivity contribution < 1.29 is 4.79 Å². The summed E-state index contributed by atoms with van der Waals surface area (Å²) in [5.41, 5.74) is 1.91. The third-order valence-corrected chi connectivity index (χ3v) is 4.88. The van der Waals surface area contributed by atoms with Gasteiger partial charge in [-0.15, -0.1) is 13.2 Å². The third kappa shape index (κ3) is 2.11. The van der Waals surface area contributed by atoms with Crippen LogP contribution >= 0.6 is 0 Å². The van der Waals surface area contributed by atoms with E-state index in [1.165, 1.54) is 11.1 Å². The van der Waals surface area contributed by atoms with Gasteiger partial charge in [0.05, 0.1) is 5.41 Å². The highest BCUT2D eigenvalue weighted by atomic mass is 16.1. The van der Waals surface area contributed by atoms with Crippen LogP contribution < -0.4 is 0 Å². The Morgan fingerprint density at radius 3 is 2.86 bits per heavy atom. The molecule has 108 valence electrons. The van der Waals surface area contributed by atoms with Crippen LogP contribution in [0.3, 0.4) is 0 Å². The summed E-state index contributed by atoms with van der Waals surface area (Å²) in [6, 6.07) is 8.26. The molecule has 2 atom stereocenters. The summed E-state index contributed by atoms with van der Waals surface area (Å²) in [6.07, 6.45) is 8.43. The zero-order valence-corrected chi connectivity index (χ0v) is 12.3. The van der Waals surface area contributed by atoms with Gasteiger partial charge in [0.15, 0.2) is 5.78 Å². The molecule has 1 spiro atoms. The van der Waals surface area contributed by atoms with E-state index in [4.69, 9.17) is 0 Å². The Morgan fingerprint density at radius 1 is 1.29 bits per heavy atom. The molecule has 1 aliphatic carbocycles. The van der Waals surface area contributed by atoms with E-state index in [2.05, 4.69) is 30.2 Å². The summed E-state index contributed by atoms with van der Waals surface area (Å²) in [4.78, 5) is 15.1. The van der Waals surface area contributed by atoms with Gasteiger partial charge in [0.2, 0.25) is 0 Å². The summed E-state index contributed by atoms with van der Waals surface area (Å²) < 4.78 is 0. The van der Waals surface area contributed by atoms with Crippen molar-refractivity contribution in [2.24, 2.45) is 5.92 Å². The molecular formula is C19H21NO. The second-order valence-corrected chi connectivity index (χ2v) is 5.90. The number of allylic oxidation sites excluding steroid dienone is 1. The van der Waals surface area contributed by atoms with Crippen LogP contribution in [0.1, 0.15) is 17.5 Å². The Kier molecular flexibility index (Phi) is 3.64. The number of hydrogen-bond donors (Lipinski definition) is 0. The second-order valence-electron chi connectivity index (χ2n) is 5.90. The molecule has 1 heterocycles. The first-order chi connectivity index (χ1) is 10.2. The number of nitrogens with zero attached hydrogens (tertiary/aromatic N) is 1. The molecule has 0 saturated carbocycles. The van der Waals surface area contributed by atoms with Gasteiger partial charge in [-0.05, 0) is 30.2 Å². The smallest absolute Gasteiger partial charge is 0.166 e. The molecule has 3 rings (SSSR count). The Labute approximate surface area is 126 Å². The number of fused-ring (bicyclic) bond motifs is 2. The van der Waals surface area contributed by atoms with Crippen molar-refractivity contribution in [1.82, 2.24) is 4.90 Å². The van der Waals surface area contributed by atoms with Crippen molar-refractivity contribution in [2.45, 2.75) is 11.8 Å². The first kappa shape index (κ1) is 14.0. The summed E-state index contributed by atoms with van der Waals surface area (Å²) in [5.74, 6) is 0.370. The van der Waals surface area contributed by atoms with Crippen LogP contribution in [-0.4, -0.2) is 30.3 Å². The van der Waals surface area contributed by atoms with Gasteiger partial charge in [0.25, 0.3) is 0 Å². The predicted octanol–water partition coefficient (Wildman–Crippen LogP) is 3.21. The van der Waals surface area contributed by atoms with Gasteiger partial charge in [-0.1, -0.05) is 42.5 Å². The van der Waals surface area contributed by atoms with Gasteiger partial charge in [0.1, 0.15) is 0 Å². The van der Waals surface area contributed by atoms with Gasteiger partial charge < -0.3 is 0 Å². The van der Waals surface area contributed by atoms with Crippen LogP contribution in [0.2, 0.25) is 0 Å². The van der Waals surface area contributed by atoms with Crippen LogP contribution in [0.25, 0.3) is 6.08 Å². The molecule has 2 nitrogen and oxygen atoms in total. The van der Waals surface area contributed by atoms with Gasteiger partial charge in [-0.25, -0.2) is 0 Å². The van der Waals surface area contributed by atoms with Crippen molar-refractivity contribution in [1.29, 1.82) is 0 Å². The number of likely N-dealkylation sites (tertiary alicyclic amines) is 1. The average Bonchev–Trinajstić information content (AvgIpc) is 2.52. The fourth-order valence-corrected chi connectivity index (χ4v) is 3.81. The molecule has 2 heteroatoms. The van der Waals surface area contributed by atoms with E-state index in [9.17, 15) is 4.79 Å². The molecule has 1 fully saturated rings.